The molecule has 0 spiro atoms. The summed E-state index contributed by atoms with van der Waals surface area (Å²) in [7, 11) is -2.35. The minimum absolute atomic E-state index is 0.170. The standard InChI is InChI=1S/C11H19N3O5S/c1-13-7-5-8(10(13)15)12-20(18,19)14-6-3-2-4-9(14)11(16)17/h8-9,12H,2-7H2,1H3,(H,16,17). The summed E-state index contributed by atoms with van der Waals surface area (Å²) in [4.78, 5) is 24.4. The average Bonchev–Trinajstić information content (AvgIpc) is 2.70. The van der Waals surface area contributed by atoms with Crippen molar-refractivity contribution in [3.63, 3.8) is 0 Å². The van der Waals surface area contributed by atoms with Crippen LogP contribution in [0.25, 0.3) is 0 Å². The van der Waals surface area contributed by atoms with E-state index in [0.29, 0.717) is 32.2 Å². The Morgan fingerprint density at radius 1 is 1.30 bits per heavy atom. The first-order valence-electron chi connectivity index (χ1n) is 6.60. The first-order chi connectivity index (χ1) is 9.33. The van der Waals surface area contributed by atoms with Gasteiger partial charge >= 0.3 is 5.97 Å². The van der Waals surface area contributed by atoms with Gasteiger partial charge in [0.15, 0.2) is 0 Å². The molecule has 20 heavy (non-hydrogen) atoms. The molecule has 9 heteroatoms. The van der Waals surface area contributed by atoms with Crippen LogP contribution in [0, 0.1) is 0 Å². The summed E-state index contributed by atoms with van der Waals surface area (Å²) in [5.74, 6) is -1.43. The number of likely N-dealkylation sites (tertiary alicyclic amines) is 1. The SMILES string of the molecule is CN1CCC(NS(=O)(=O)N2CCCCC2C(=O)O)C1=O. The summed E-state index contributed by atoms with van der Waals surface area (Å²) >= 11 is 0. The van der Waals surface area contributed by atoms with Crippen LogP contribution in [0.5, 0.6) is 0 Å². The number of nitrogens with zero attached hydrogens (tertiary/aromatic N) is 2. The highest BCUT2D eigenvalue weighted by Crippen LogP contribution is 2.21. The summed E-state index contributed by atoms with van der Waals surface area (Å²) in [6, 6.07) is -1.84. The lowest BCUT2D eigenvalue weighted by atomic mass is 10.1. The molecule has 0 radical (unpaired) electrons. The maximum atomic E-state index is 12.3. The van der Waals surface area contributed by atoms with E-state index in [2.05, 4.69) is 4.72 Å². The van der Waals surface area contributed by atoms with Gasteiger partial charge in [0.2, 0.25) is 5.91 Å². The molecule has 2 aliphatic rings. The van der Waals surface area contributed by atoms with E-state index < -0.39 is 28.3 Å². The summed E-state index contributed by atoms with van der Waals surface area (Å²) in [6.07, 6.45) is 2.02. The zero-order valence-electron chi connectivity index (χ0n) is 11.3. The fraction of sp³-hybridized carbons (Fsp3) is 0.818. The molecule has 2 saturated heterocycles. The van der Waals surface area contributed by atoms with Crippen molar-refractivity contribution in [2.75, 3.05) is 20.1 Å². The van der Waals surface area contributed by atoms with E-state index in [1.165, 1.54) is 4.90 Å². The van der Waals surface area contributed by atoms with Crippen LogP contribution in [0.4, 0.5) is 0 Å². The van der Waals surface area contributed by atoms with Gasteiger partial charge in [-0.25, -0.2) is 0 Å². The highest BCUT2D eigenvalue weighted by atomic mass is 32.2. The van der Waals surface area contributed by atoms with Gasteiger partial charge in [0, 0.05) is 20.1 Å². The lowest BCUT2D eigenvalue weighted by Crippen LogP contribution is -2.55. The van der Waals surface area contributed by atoms with Crippen LogP contribution in [0.15, 0.2) is 0 Å². The molecule has 0 saturated carbocycles. The first-order valence-corrected chi connectivity index (χ1v) is 8.04. The third-order valence-electron chi connectivity index (χ3n) is 3.77. The van der Waals surface area contributed by atoms with Gasteiger partial charge in [-0.2, -0.15) is 17.4 Å². The average molecular weight is 305 g/mol. The van der Waals surface area contributed by atoms with Gasteiger partial charge in [0.25, 0.3) is 10.2 Å². The second-order valence-electron chi connectivity index (χ2n) is 5.18. The van der Waals surface area contributed by atoms with Crippen LogP contribution in [-0.2, 0) is 19.8 Å². The van der Waals surface area contributed by atoms with Crippen LogP contribution >= 0.6 is 0 Å². The number of rotatable bonds is 4. The number of hydrogen-bond donors (Lipinski definition) is 2. The van der Waals surface area contributed by atoms with Crippen molar-refractivity contribution in [3.05, 3.63) is 0 Å². The second kappa shape index (κ2) is 5.66. The highest BCUT2D eigenvalue weighted by Gasteiger charge is 2.40. The minimum atomic E-state index is -3.96. The molecule has 1 amide bonds. The maximum absolute atomic E-state index is 12.3. The molecular formula is C11H19N3O5S. The predicted octanol–water partition coefficient (Wildman–Crippen LogP) is -1.01. The van der Waals surface area contributed by atoms with Crippen LogP contribution in [-0.4, -0.2) is 66.8 Å². The number of piperidine rings is 1. The van der Waals surface area contributed by atoms with E-state index in [9.17, 15) is 18.0 Å². The summed E-state index contributed by atoms with van der Waals surface area (Å²) < 4.78 is 27.9. The number of hydrogen-bond acceptors (Lipinski definition) is 4. The largest absolute Gasteiger partial charge is 0.480 e. The van der Waals surface area contributed by atoms with Crippen LogP contribution in [0.1, 0.15) is 25.7 Å². The smallest absolute Gasteiger partial charge is 0.322 e. The Morgan fingerprint density at radius 2 is 2.00 bits per heavy atom. The van der Waals surface area contributed by atoms with Crippen LogP contribution < -0.4 is 4.72 Å². The van der Waals surface area contributed by atoms with Crippen molar-refractivity contribution in [1.29, 1.82) is 0 Å². The van der Waals surface area contributed by atoms with Crippen molar-refractivity contribution in [2.45, 2.75) is 37.8 Å². The molecule has 8 nitrogen and oxygen atoms in total. The summed E-state index contributed by atoms with van der Waals surface area (Å²) in [5, 5.41) is 9.12. The molecule has 2 atom stereocenters. The third kappa shape index (κ3) is 2.94. The number of carbonyl (C=O) groups is 2. The molecule has 114 valence electrons. The molecular weight excluding hydrogens is 286 g/mol. The van der Waals surface area contributed by atoms with Crippen molar-refractivity contribution in [3.8, 4) is 0 Å². The quantitative estimate of drug-likeness (QED) is 0.692. The van der Waals surface area contributed by atoms with Gasteiger partial charge in [-0.15, -0.1) is 0 Å². The van der Waals surface area contributed by atoms with Crippen LogP contribution in [0.2, 0.25) is 0 Å². The van der Waals surface area contributed by atoms with E-state index >= 15 is 0 Å². The Balaban J connectivity index is 2.12. The molecule has 2 fully saturated rings. The molecule has 0 bridgehead atoms. The van der Waals surface area contributed by atoms with Crippen molar-refractivity contribution in [1.82, 2.24) is 13.9 Å². The van der Waals surface area contributed by atoms with Gasteiger partial charge in [-0.1, -0.05) is 0 Å². The molecule has 2 N–H and O–H groups in total. The van der Waals surface area contributed by atoms with Crippen molar-refractivity contribution >= 4 is 22.1 Å². The van der Waals surface area contributed by atoms with E-state index in [-0.39, 0.29) is 12.5 Å². The lowest BCUT2D eigenvalue weighted by Gasteiger charge is -2.32. The highest BCUT2D eigenvalue weighted by molar-refractivity contribution is 7.87. The van der Waals surface area contributed by atoms with Gasteiger partial charge in [0.05, 0.1) is 0 Å². The lowest BCUT2D eigenvalue weighted by molar-refractivity contribution is -0.142. The zero-order chi connectivity index (χ0) is 14.9. The molecule has 2 aliphatic heterocycles. The van der Waals surface area contributed by atoms with Crippen molar-refractivity contribution in [2.24, 2.45) is 0 Å². The Labute approximate surface area is 117 Å². The Hall–Kier alpha value is -1.19. The molecule has 0 aromatic heterocycles. The fourth-order valence-electron chi connectivity index (χ4n) is 2.62. The van der Waals surface area contributed by atoms with Gasteiger partial charge < -0.3 is 10.0 Å². The number of carbonyl (C=O) groups excluding carboxylic acids is 1. The molecule has 2 unspecified atom stereocenters. The molecule has 2 rings (SSSR count). The van der Waals surface area contributed by atoms with Crippen LogP contribution in [0.3, 0.4) is 0 Å². The zero-order valence-corrected chi connectivity index (χ0v) is 12.1. The molecule has 0 aromatic carbocycles. The Morgan fingerprint density at radius 3 is 2.55 bits per heavy atom. The van der Waals surface area contributed by atoms with Gasteiger partial charge in [-0.3, -0.25) is 9.59 Å². The number of carboxylic acids is 1. The normalized spacial score (nSPS) is 28.9. The monoisotopic (exact) mass is 305 g/mol. The second-order valence-corrected chi connectivity index (χ2v) is 6.84. The number of carboxylic acid groups (broad SMARTS) is 1. The number of likely N-dealkylation sites (N-methyl/N-ethyl adjacent to an activating group) is 1. The predicted molar refractivity (Wildman–Crippen MR) is 70.1 cm³/mol. The molecule has 0 aromatic rings. The topological polar surface area (TPSA) is 107 Å². The van der Waals surface area contributed by atoms with Gasteiger partial charge in [0.1, 0.15) is 12.1 Å². The number of nitrogens with one attached hydrogen (secondary N) is 1. The number of aliphatic carboxylic acids is 1. The summed E-state index contributed by atoms with van der Waals surface area (Å²) in [6.45, 7) is 0.664. The number of amides is 1. The summed E-state index contributed by atoms with van der Waals surface area (Å²) in [5.41, 5.74) is 0. The minimum Gasteiger partial charge on any atom is -0.480 e. The Kier molecular flexibility index (Phi) is 4.31. The Bertz CT molecular complexity index is 506. The fourth-order valence-corrected chi connectivity index (χ4v) is 4.23. The maximum Gasteiger partial charge on any atom is 0.322 e. The van der Waals surface area contributed by atoms with E-state index in [1.807, 2.05) is 0 Å². The van der Waals surface area contributed by atoms with E-state index in [4.69, 9.17) is 5.11 Å². The van der Waals surface area contributed by atoms with Gasteiger partial charge in [-0.05, 0) is 25.7 Å². The van der Waals surface area contributed by atoms with Crippen molar-refractivity contribution < 1.29 is 23.1 Å². The van der Waals surface area contributed by atoms with E-state index in [0.717, 1.165) is 4.31 Å². The molecule has 0 aliphatic carbocycles. The molecule has 2 heterocycles. The third-order valence-corrected chi connectivity index (χ3v) is 5.40. The van der Waals surface area contributed by atoms with E-state index in [1.54, 1.807) is 7.05 Å². The first kappa shape index (κ1) is 15.2.